The van der Waals surface area contributed by atoms with Crippen molar-refractivity contribution in [2.24, 2.45) is 0 Å². The van der Waals surface area contributed by atoms with Crippen LogP contribution in [-0.4, -0.2) is 41.9 Å². The van der Waals surface area contributed by atoms with E-state index in [1.54, 1.807) is 6.08 Å². The van der Waals surface area contributed by atoms with Crippen LogP contribution in [0.1, 0.15) is 162 Å². The van der Waals surface area contributed by atoms with Crippen LogP contribution in [0.4, 0.5) is 0 Å². The van der Waals surface area contributed by atoms with E-state index >= 15 is 0 Å². The minimum absolute atomic E-state index is 0.287. The van der Waals surface area contributed by atoms with Crippen LogP contribution in [0.15, 0.2) is 24.3 Å². The molecule has 3 N–H and O–H groups in total. The maximum atomic E-state index is 12.4. The number of nitrogens with one attached hydrogen (secondary N) is 1. The molecule has 1 amide bonds. The van der Waals surface area contributed by atoms with Crippen LogP contribution in [0.25, 0.3) is 0 Å². The van der Waals surface area contributed by atoms with E-state index in [2.05, 4.69) is 31.3 Å². The molecular formula is C33H63NO5S. The lowest BCUT2D eigenvalue weighted by Gasteiger charge is -2.21. The first-order chi connectivity index (χ1) is 19.3. The molecule has 0 radical (unpaired) electrons. The molecule has 40 heavy (non-hydrogen) atoms. The number of carbonyl (C=O) groups excluding carboxylic acids is 1. The van der Waals surface area contributed by atoms with Crippen molar-refractivity contribution in [3.8, 4) is 0 Å². The molecule has 0 aromatic heterocycles. The summed E-state index contributed by atoms with van der Waals surface area (Å²) in [7, 11) is -4.33. The Hall–Kier alpha value is -1.18. The third-order valence-electron chi connectivity index (χ3n) is 7.37. The minimum Gasteiger partial charge on any atom is -0.387 e. The van der Waals surface area contributed by atoms with Crippen molar-refractivity contribution < 1.29 is 22.9 Å². The largest absolute Gasteiger partial charge is 0.387 e. The van der Waals surface area contributed by atoms with Gasteiger partial charge in [0.05, 0.1) is 17.9 Å². The summed E-state index contributed by atoms with van der Waals surface area (Å²) < 4.78 is 32.2. The second kappa shape index (κ2) is 28.0. The quantitative estimate of drug-likeness (QED) is 0.0462. The SMILES string of the molecule is CCCCCCCC/C=C\CCCCCCCC(=O)NC(CS(=O)(=O)O)C(O)/C=C/CCCCCCCCCC. The van der Waals surface area contributed by atoms with Gasteiger partial charge in [-0.1, -0.05) is 134 Å². The lowest BCUT2D eigenvalue weighted by molar-refractivity contribution is -0.122. The van der Waals surface area contributed by atoms with Gasteiger partial charge in [0.15, 0.2) is 0 Å². The van der Waals surface area contributed by atoms with Crippen LogP contribution in [0, 0.1) is 0 Å². The molecule has 0 bridgehead atoms. The second-order valence-electron chi connectivity index (χ2n) is 11.4. The second-order valence-corrected chi connectivity index (χ2v) is 12.9. The van der Waals surface area contributed by atoms with Gasteiger partial charge < -0.3 is 10.4 Å². The molecule has 6 nitrogen and oxygen atoms in total. The Kier molecular flexibility index (Phi) is 27.1. The summed E-state index contributed by atoms with van der Waals surface area (Å²) in [5.74, 6) is -0.990. The Morgan fingerprint density at radius 1 is 0.650 bits per heavy atom. The molecule has 0 aromatic carbocycles. The Labute approximate surface area is 247 Å². The summed E-state index contributed by atoms with van der Waals surface area (Å²) in [5, 5.41) is 13.1. The molecule has 0 aromatic rings. The highest BCUT2D eigenvalue weighted by atomic mass is 32.2. The summed E-state index contributed by atoms with van der Waals surface area (Å²) in [4.78, 5) is 12.4. The standard InChI is InChI=1S/C33H63NO5S/c1-3-5-7-9-11-13-15-16-17-18-19-21-23-25-27-29-33(36)34-31(30-40(37,38)39)32(35)28-26-24-22-20-14-12-10-8-6-4-2/h16-17,26,28,31-32,35H,3-15,18-25,27,29-30H2,1-2H3,(H,34,36)(H,37,38,39)/b17-16-,28-26+. The number of aliphatic hydroxyl groups is 1. The zero-order valence-corrected chi connectivity index (χ0v) is 26.8. The van der Waals surface area contributed by atoms with Gasteiger partial charge in [-0.15, -0.1) is 0 Å². The molecule has 0 saturated carbocycles. The zero-order valence-electron chi connectivity index (χ0n) is 26.0. The van der Waals surface area contributed by atoms with Crippen molar-refractivity contribution in [2.45, 2.75) is 174 Å². The zero-order chi connectivity index (χ0) is 29.7. The van der Waals surface area contributed by atoms with Crippen molar-refractivity contribution >= 4 is 16.0 Å². The fourth-order valence-corrected chi connectivity index (χ4v) is 5.59. The van der Waals surface area contributed by atoms with E-state index in [1.807, 2.05) is 6.08 Å². The minimum atomic E-state index is -4.33. The van der Waals surface area contributed by atoms with Crippen molar-refractivity contribution in [3.05, 3.63) is 24.3 Å². The Morgan fingerprint density at radius 3 is 1.50 bits per heavy atom. The van der Waals surface area contributed by atoms with E-state index in [9.17, 15) is 22.9 Å². The summed E-state index contributed by atoms with van der Waals surface area (Å²) in [6, 6.07) is -1.06. The van der Waals surface area contributed by atoms with E-state index < -0.39 is 28.0 Å². The van der Waals surface area contributed by atoms with Gasteiger partial charge in [0.25, 0.3) is 10.1 Å². The molecule has 2 unspecified atom stereocenters. The Bertz CT molecular complexity index is 735. The van der Waals surface area contributed by atoms with Crippen molar-refractivity contribution in [2.75, 3.05) is 5.75 Å². The first-order valence-corrected chi connectivity index (χ1v) is 18.1. The van der Waals surface area contributed by atoms with Crippen molar-refractivity contribution in [3.63, 3.8) is 0 Å². The molecule has 0 aliphatic heterocycles. The third-order valence-corrected chi connectivity index (χ3v) is 8.15. The number of allylic oxidation sites excluding steroid dienone is 3. The number of rotatable bonds is 29. The molecule has 0 heterocycles. The van der Waals surface area contributed by atoms with E-state index in [4.69, 9.17) is 0 Å². The molecular weight excluding hydrogens is 522 g/mol. The number of unbranched alkanes of at least 4 members (excludes halogenated alkanes) is 19. The topological polar surface area (TPSA) is 104 Å². The van der Waals surface area contributed by atoms with E-state index in [1.165, 1.54) is 83.5 Å². The number of hydrogen-bond acceptors (Lipinski definition) is 4. The van der Waals surface area contributed by atoms with Crippen LogP contribution in [0.2, 0.25) is 0 Å². The predicted octanol–water partition coefficient (Wildman–Crippen LogP) is 8.84. The van der Waals surface area contributed by atoms with Crippen LogP contribution >= 0.6 is 0 Å². The van der Waals surface area contributed by atoms with E-state index in [0.29, 0.717) is 0 Å². The van der Waals surface area contributed by atoms with Gasteiger partial charge in [0.2, 0.25) is 5.91 Å². The maximum Gasteiger partial charge on any atom is 0.267 e. The highest BCUT2D eigenvalue weighted by Gasteiger charge is 2.24. The monoisotopic (exact) mass is 585 g/mol. The van der Waals surface area contributed by atoms with Gasteiger partial charge in [-0.3, -0.25) is 9.35 Å². The van der Waals surface area contributed by atoms with Gasteiger partial charge in [-0.05, 0) is 44.9 Å². The fraction of sp³-hybridized carbons (Fsp3) is 0.848. The summed E-state index contributed by atoms with van der Waals surface area (Å²) in [6.07, 6.45) is 33.0. The first kappa shape index (κ1) is 38.8. The van der Waals surface area contributed by atoms with Crippen LogP contribution in [-0.2, 0) is 14.9 Å². The van der Waals surface area contributed by atoms with Gasteiger partial charge >= 0.3 is 0 Å². The van der Waals surface area contributed by atoms with Gasteiger partial charge in [0, 0.05) is 6.42 Å². The number of amides is 1. The number of hydrogen-bond donors (Lipinski definition) is 3. The van der Waals surface area contributed by atoms with E-state index in [-0.39, 0.29) is 12.3 Å². The molecule has 7 heteroatoms. The van der Waals surface area contributed by atoms with Gasteiger partial charge in [0.1, 0.15) is 0 Å². The lowest BCUT2D eigenvalue weighted by Crippen LogP contribution is -2.46. The first-order valence-electron chi connectivity index (χ1n) is 16.5. The third kappa shape index (κ3) is 28.4. The van der Waals surface area contributed by atoms with Crippen molar-refractivity contribution in [1.29, 1.82) is 0 Å². The molecule has 0 fully saturated rings. The molecule has 0 aliphatic rings. The molecule has 0 rings (SSSR count). The number of aliphatic hydroxyl groups excluding tert-OH is 1. The normalized spacial score (nSPS) is 13.8. The smallest absolute Gasteiger partial charge is 0.267 e. The van der Waals surface area contributed by atoms with Gasteiger partial charge in [-0.2, -0.15) is 8.42 Å². The Morgan fingerprint density at radius 2 is 1.05 bits per heavy atom. The maximum absolute atomic E-state index is 12.4. The average molecular weight is 586 g/mol. The van der Waals surface area contributed by atoms with Crippen LogP contribution < -0.4 is 5.32 Å². The highest BCUT2D eigenvalue weighted by molar-refractivity contribution is 7.85. The number of carbonyl (C=O) groups is 1. The molecule has 0 saturated heterocycles. The fourth-order valence-electron chi connectivity index (χ4n) is 4.85. The summed E-state index contributed by atoms with van der Waals surface area (Å²) in [6.45, 7) is 4.46. The average Bonchev–Trinajstić information content (AvgIpc) is 2.90. The van der Waals surface area contributed by atoms with E-state index in [0.717, 1.165) is 57.8 Å². The highest BCUT2D eigenvalue weighted by Crippen LogP contribution is 2.12. The van der Waals surface area contributed by atoms with Crippen molar-refractivity contribution in [1.82, 2.24) is 5.32 Å². The van der Waals surface area contributed by atoms with Crippen LogP contribution in [0.5, 0.6) is 0 Å². The molecule has 0 spiro atoms. The van der Waals surface area contributed by atoms with Crippen LogP contribution in [0.3, 0.4) is 0 Å². The van der Waals surface area contributed by atoms with Gasteiger partial charge in [-0.25, -0.2) is 0 Å². The predicted molar refractivity (Wildman–Crippen MR) is 170 cm³/mol. The summed E-state index contributed by atoms with van der Waals surface area (Å²) >= 11 is 0. The lowest BCUT2D eigenvalue weighted by atomic mass is 10.1. The molecule has 2 atom stereocenters. The molecule has 0 aliphatic carbocycles. The summed E-state index contributed by atoms with van der Waals surface area (Å²) in [5.41, 5.74) is 0. The Balaban J connectivity index is 4.04. The molecule has 236 valence electrons.